The quantitative estimate of drug-likeness (QED) is 0.599. The van der Waals surface area contributed by atoms with Gasteiger partial charge in [-0.1, -0.05) is 0 Å². The predicted octanol–water partition coefficient (Wildman–Crippen LogP) is 0.582. The standard InChI is InChI=1S/C22H17N5O3S/c1-2-30-22(29)17-18(24)15(12-23)19(14-5-9-26-10-6-14)27-20(28)16(31-21(17)27)11-13-3-7-25-8-4-13/h3-11,19H,2,24H2,1H3/b16-11+/t19-/m0/s1. The van der Waals surface area contributed by atoms with E-state index in [9.17, 15) is 14.9 Å². The van der Waals surface area contributed by atoms with Crippen molar-refractivity contribution < 1.29 is 9.53 Å². The molecule has 0 aromatic carbocycles. The number of thiazole rings is 1. The lowest BCUT2D eigenvalue weighted by Gasteiger charge is -2.24. The zero-order valence-electron chi connectivity index (χ0n) is 16.5. The van der Waals surface area contributed by atoms with Crippen molar-refractivity contribution in [3.8, 4) is 6.07 Å². The van der Waals surface area contributed by atoms with Gasteiger partial charge in [-0.25, -0.2) is 4.79 Å². The van der Waals surface area contributed by atoms with Crippen LogP contribution in [0, 0.1) is 11.3 Å². The van der Waals surface area contributed by atoms with Crippen LogP contribution in [0.25, 0.3) is 11.6 Å². The summed E-state index contributed by atoms with van der Waals surface area (Å²) in [5, 5.41) is 9.89. The number of esters is 1. The number of nitrogens with two attached hydrogens (primary N) is 1. The molecule has 154 valence electrons. The molecular weight excluding hydrogens is 414 g/mol. The van der Waals surface area contributed by atoms with Crippen molar-refractivity contribution in [2.75, 3.05) is 6.61 Å². The second kappa shape index (κ2) is 8.38. The van der Waals surface area contributed by atoms with Crippen molar-refractivity contribution in [2.45, 2.75) is 13.0 Å². The van der Waals surface area contributed by atoms with Crippen LogP contribution in [-0.2, 0) is 9.53 Å². The van der Waals surface area contributed by atoms with Crippen LogP contribution in [0.4, 0.5) is 0 Å². The smallest absolute Gasteiger partial charge is 0.343 e. The summed E-state index contributed by atoms with van der Waals surface area (Å²) < 4.78 is 7.36. The Bertz CT molecular complexity index is 1400. The first-order valence-corrected chi connectivity index (χ1v) is 10.2. The van der Waals surface area contributed by atoms with E-state index >= 15 is 0 Å². The molecule has 0 aliphatic carbocycles. The molecule has 0 bridgehead atoms. The van der Waals surface area contributed by atoms with Gasteiger partial charge in [0.05, 0.1) is 28.5 Å². The molecule has 0 saturated heterocycles. The third-order valence-electron chi connectivity index (χ3n) is 4.79. The molecular formula is C22H17N5O3S. The first kappa shape index (κ1) is 20.3. The highest BCUT2D eigenvalue weighted by Crippen LogP contribution is 2.30. The normalized spacial score (nSPS) is 16.1. The van der Waals surface area contributed by atoms with E-state index < -0.39 is 12.0 Å². The fourth-order valence-corrected chi connectivity index (χ4v) is 4.60. The van der Waals surface area contributed by atoms with Crippen molar-refractivity contribution in [1.29, 1.82) is 5.26 Å². The van der Waals surface area contributed by atoms with Gasteiger partial charge < -0.3 is 10.5 Å². The fraction of sp³-hybridized carbons (Fsp3) is 0.136. The third-order valence-corrected chi connectivity index (χ3v) is 5.89. The highest BCUT2D eigenvalue weighted by molar-refractivity contribution is 7.07. The Labute approximate surface area is 180 Å². The molecule has 0 unspecified atom stereocenters. The monoisotopic (exact) mass is 431 g/mol. The number of aromatic nitrogens is 3. The molecule has 0 radical (unpaired) electrons. The summed E-state index contributed by atoms with van der Waals surface area (Å²) in [6.07, 6.45) is 8.12. The number of carbonyl (C=O) groups is 1. The summed E-state index contributed by atoms with van der Waals surface area (Å²) in [6, 6.07) is 8.28. The Balaban J connectivity index is 2.10. The SMILES string of the molecule is CCOC(=O)C1=c2s/c(=C/c3ccncc3)c(=O)n2[C@@H](c2ccncc2)C(C#N)=C1N. The van der Waals surface area contributed by atoms with E-state index in [-0.39, 0.29) is 29.0 Å². The molecule has 3 aromatic rings. The van der Waals surface area contributed by atoms with Gasteiger partial charge in [-0.3, -0.25) is 19.3 Å². The number of ether oxygens (including phenoxy) is 1. The van der Waals surface area contributed by atoms with Crippen molar-refractivity contribution >= 4 is 29.0 Å². The lowest BCUT2D eigenvalue weighted by atomic mass is 9.93. The zero-order chi connectivity index (χ0) is 22.0. The number of hydrogen-bond acceptors (Lipinski definition) is 8. The highest BCUT2D eigenvalue weighted by Gasteiger charge is 2.34. The molecule has 2 N–H and O–H groups in total. The topological polar surface area (TPSA) is 124 Å². The Kier molecular flexibility index (Phi) is 5.47. The van der Waals surface area contributed by atoms with Crippen molar-refractivity contribution in [1.82, 2.24) is 14.5 Å². The Morgan fingerprint density at radius 1 is 1.26 bits per heavy atom. The maximum atomic E-state index is 13.5. The van der Waals surface area contributed by atoms with Gasteiger partial charge in [0.2, 0.25) is 0 Å². The van der Waals surface area contributed by atoms with Gasteiger partial charge in [-0.05, 0) is 48.4 Å². The lowest BCUT2D eigenvalue weighted by molar-refractivity contribution is -0.136. The predicted molar refractivity (Wildman–Crippen MR) is 115 cm³/mol. The van der Waals surface area contributed by atoms with Crippen LogP contribution in [0.3, 0.4) is 0 Å². The van der Waals surface area contributed by atoms with Crippen LogP contribution in [0.1, 0.15) is 24.1 Å². The van der Waals surface area contributed by atoms with Crippen molar-refractivity contribution in [3.05, 3.63) is 91.0 Å². The van der Waals surface area contributed by atoms with Gasteiger partial charge in [0, 0.05) is 24.8 Å². The molecule has 0 saturated carbocycles. The van der Waals surface area contributed by atoms with Gasteiger partial charge >= 0.3 is 5.97 Å². The largest absolute Gasteiger partial charge is 0.462 e. The minimum atomic E-state index is -0.774. The van der Waals surface area contributed by atoms with E-state index in [0.29, 0.717) is 14.8 Å². The van der Waals surface area contributed by atoms with Crippen molar-refractivity contribution in [3.63, 3.8) is 0 Å². The van der Waals surface area contributed by atoms with Gasteiger partial charge in [0.25, 0.3) is 5.56 Å². The number of carbonyl (C=O) groups excluding carboxylic acids is 1. The molecule has 0 amide bonds. The van der Waals surface area contributed by atoms with Gasteiger partial charge in [0.15, 0.2) is 0 Å². The number of fused-ring (bicyclic) bond motifs is 1. The number of hydrogen-bond donors (Lipinski definition) is 1. The van der Waals surface area contributed by atoms with Crippen LogP contribution >= 0.6 is 11.3 Å². The molecule has 9 heteroatoms. The fourth-order valence-electron chi connectivity index (χ4n) is 3.43. The van der Waals surface area contributed by atoms with Gasteiger partial charge in [-0.15, -0.1) is 11.3 Å². The van der Waals surface area contributed by atoms with Crippen LogP contribution in [0.5, 0.6) is 0 Å². The average Bonchev–Trinajstić information content (AvgIpc) is 3.09. The number of rotatable bonds is 4. The van der Waals surface area contributed by atoms with Gasteiger partial charge in [-0.2, -0.15) is 5.26 Å². The molecule has 1 aliphatic rings. The third kappa shape index (κ3) is 3.53. The second-order valence-corrected chi connectivity index (χ2v) is 7.62. The minimum absolute atomic E-state index is 0.0134. The summed E-state index contributed by atoms with van der Waals surface area (Å²) >= 11 is 1.13. The van der Waals surface area contributed by atoms with Crippen LogP contribution in [0.2, 0.25) is 0 Å². The number of allylic oxidation sites excluding steroid dienone is 1. The Hall–Kier alpha value is -4.03. The summed E-state index contributed by atoms with van der Waals surface area (Å²) in [4.78, 5) is 34.2. The first-order chi connectivity index (χ1) is 15.1. The zero-order valence-corrected chi connectivity index (χ0v) is 17.3. The Morgan fingerprint density at radius 2 is 1.90 bits per heavy atom. The molecule has 4 rings (SSSR count). The molecule has 1 aliphatic heterocycles. The van der Waals surface area contributed by atoms with Crippen molar-refractivity contribution in [2.24, 2.45) is 5.73 Å². The molecule has 3 aromatic heterocycles. The number of pyridine rings is 2. The van der Waals surface area contributed by atoms with E-state index in [0.717, 1.165) is 16.9 Å². The molecule has 0 fully saturated rings. The summed E-state index contributed by atoms with van der Waals surface area (Å²) in [5.74, 6) is -0.675. The molecule has 8 nitrogen and oxygen atoms in total. The van der Waals surface area contributed by atoms with E-state index in [2.05, 4.69) is 16.0 Å². The van der Waals surface area contributed by atoms with Crippen LogP contribution in [0.15, 0.2) is 65.1 Å². The highest BCUT2D eigenvalue weighted by atomic mass is 32.1. The Morgan fingerprint density at radius 3 is 2.52 bits per heavy atom. The maximum absolute atomic E-state index is 13.5. The lowest BCUT2D eigenvalue weighted by Crippen LogP contribution is -2.41. The summed E-state index contributed by atoms with van der Waals surface area (Å²) in [7, 11) is 0. The van der Waals surface area contributed by atoms with E-state index in [1.165, 1.54) is 4.57 Å². The first-order valence-electron chi connectivity index (χ1n) is 9.41. The van der Waals surface area contributed by atoms with E-state index in [1.807, 2.05) is 0 Å². The second-order valence-electron chi connectivity index (χ2n) is 6.59. The molecule has 1 atom stereocenters. The summed E-state index contributed by atoms with van der Waals surface area (Å²) in [5.41, 5.74) is 7.56. The minimum Gasteiger partial charge on any atom is -0.462 e. The maximum Gasteiger partial charge on any atom is 0.343 e. The summed E-state index contributed by atoms with van der Waals surface area (Å²) in [6.45, 7) is 1.81. The molecule has 31 heavy (non-hydrogen) atoms. The van der Waals surface area contributed by atoms with E-state index in [1.54, 1.807) is 62.1 Å². The number of nitrogens with zero attached hydrogens (tertiary/aromatic N) is 4. The van der Waals surface area contributed by atoms with E-state index in [4.69, 9.17) is 10.5 Å². The average molecular weight is 431 g/mol. The van der Waals surface area contributed by atoms with Crippen LogP contribution in [-0.4, -0.2) is 27.1 Å². The number of nitriles is 1. The molecule has 0 spiro atoms. The molecule has 4 heterocycles. The van der Waals surface area contributed by atoms with Gasteiger partial charge in [0.1, 0.15) is 16.3 Å². The van der Waals surface area contributed by atoms with Crippen LogP contribution < -0.4 is 20.5 Å².